The number of benzene rings is 3. The molecule has 5 rings (SSSR count). The molecule has 1 aliphatic carbocycles. The van der Waals surface area contributed by atoms with Gasteiger partial charge in [0.05, 0.1) is 43.6 Å². The summed E-state index contributed by atoms with van der Waals surface area (Å²) >= 11 is 0. The Bertz CT molecular complexity index is 1520. The number of hydroxylamine groups is 1. The molecule has 212 valence electrons. The third kappa shape index (κ3) is 7.16. The summed E-state index contributed by atoms with van der Waals surface area (Å²) in [5.41, 5.74) is 7.04. The Balaban J connectivity index is 1.42. The lowest BCUT2D eigenvalue weighted by atomic mass is 9.92. The molecule has 1 saturated carbocycles. The van der Waals surface area contributed by atoms with E-state index in [0.29, 0.717) is 5.92 Å². The Labute approximate surface area is 238 Å². The van der Waals surface area contributed by atoms with Crippen LogP contribution in [0.15, 0.2) is 78.9 Å². The molecule has 2 unspecified atom stereocenters. The number of pyridine rings is 1. The maximum Gasteiger partial charge on any atom is 0.245 e. The summed E-state index contributed by atoms with van der Waals surface area (Å²) in [5.74, 6) is 0.132. The molecule has 41 heavy (non-hydrogen) atoms. The van der Waals surface area contributed by atoms with E-state index in [1.165, 1.54) is 12.1 Å². The molecule has 2 atom stereocenters. The van der Waals surface area contributed by atoms with Crippen molar-refractivity contribution in [2.24, 2.45) is 0 Å². The molecule has 1 aliphatic rings. The molecule has 3 aromatic carbocycles. The second-order valence-electron chi connectivity index (χ2n) is 10.3. The second-order valence-corrected chi connectivity index (χ2v) is 10.3. The molecule has 7 nitrogen and oxygen atoms in total. The molecule has 3 N–H and O–H groups in total. The van der Waals surface area contributed by atoms with Crippen LogP contribution in [0.2, 0.25) is 0 Å². The Hall–Kier alpha value is -4.11. The van der Waals surface area contributed by atoms with Crippen molar-refractivity contribution in [1.29, 1.82) is 0 Å². The number of aliphatic hydroxyl groups is 1. The zero-order valence-corrected chi connectivity index (χ0v) is 22.8. The van der Waals surface area contributed by atoms with Crippen molar-refractivity contribution in [2.45, 2.75) is 50.4 Å². The number of para-hydroxylation sites is 1. The van der Waals surface area contributed by atoms with Crippen molar-refractivity contribution in [3.8, 4) is 16.9 Å². The van der Waals surface area contributed by atoms with Gasteiger partial charge in [0.25, 0.3) is 0 Å². The minimum Gasteiger partial charge on any atom is -0.497 e. The van der Waals surface area contributed by atoms with Crippen LogP contribution in [0.1, 0.15) is 48.4 Å². The van der Waals surface area contributed by atoms with Crippen molar-refractivity contribution >= 4 is 22.9 Å². The van der Waals surface area contributed by atoms with Crippen molar-refractivity contribution in [1.82, 2.24) is 10.5 Å². The predicted octanol–water partition coefficient (Wildman–Crippen LogP) is 6.17. The molecule has 0 bridgehead atoms. The molecule has 1 aromatic heterocycles. The van der Waals surface area contributed by atoms with Crippen molar-refractivity contribution < 1.29 is 29.0 Å². The number of nitrogens with one attached hydrogen (secondary N) is 1. The first-order chi connectivity index (χ1) is 19.9. The third-order valence-electron chi connectivity index (χ3n) is 7.23. The van der Waals surface area contributed by atoms with Gasteiger partial charge in [-0.15, -0.1) is 0 Å². The van der Waals surface area contributed by atoms with E-state index in [2.05, 4.69) is 0 Å². The average Bonchev–Trinajstić information content (AvgIpc) is 3.84. The maximum absolute atomic E-state index is 13.8. The lowest BCUT2D eigenvalue weighted by Gasteiger charge is -2.20. The van der Waals surface area contributed by atoms with Gasteiger partial charge < -0.3 is 14.6 Å². The number of amides is 1. The van der Waals surface area contributed by atoms with E-state index < -0.39 is 18.1 Å². The summed E-state index contributed by atoms with van der Waals surface area (Å²) in [7, 11) is 1.59. The first kappa shape index (κ1) is 28.4. The van der Waals surface area contributed by atoms with Crippen LogP contribution in [0.3, 0.4) is 0 Å². The summed E-state index contributed by atoms with van der Waals surface area (Å²) in [6, 6.07) is 21.7. The van der Waals surface area contributed by atoms with Crippen LogP contribution in [0, 0.1) is 5.82 Å². The highest BCUT2D eigenvalue weighted by Gasteiger charge is 2.29. The Kier molecular flexibility index (Phi) is 9.04. The molecule has 8 heteroatoms. The van der Waals surface area contributed by atoms with Gasteiger partial charge in [0, 0.05) is 28.9 Å². The predicted molar refractivity (Wildman–Crippen MR) is 155 cm³/mol. The van der Waals surface area contributed by atoms with Gasteiger partial charge in [-0.1, -0.05) is 54.6 Å². The monoisotopic (exact) mass is 556 g/mol. The largest absolute Gasteiger partial charge is 0.497 e. The summed E-state index contributed by atoms with van der Waals surface area (Å²) in [6.45, 7) is 0.221. The molecule has 1 fully saturated rings. The molecule has 0 saturated heterocycles. The quantitative estimate of drug-likeness (QED) is 0.143. The minimum atomic E-state index is -0.943. The van der Waals surface area contributed by atoms with E-state index in [4.69, 9.17) is 19.7 Å². The number of halogens is 1. The number of hydrogen-bond donors (Lipinski definition) is 3. The fourth-order valence-corrected chi connectivity index (χ4v) is 4.96. The first-order valence-electron chi connectivity index (χ1n) is 13.7. The maximum atomic E-state index is 13.8. The lowest BCUT2D eigenvalue weighted by molar-refractivity contribution is -0.133. The van der Waals surface area contributed by atoms with Gasteiger partial charge in [-0.05, 0) is 54.3 Å². The highest BCUT2D eigenvalue weighted by Crippen LogP contribution is 2.45. The van der Waals surface area contributed by atoms with Crippen LogP contribution in [-0.4, -0.2) is 40.5 Å². The number of fused-ring (bicyclic) bond motifs is 1. The zero-order chi connectivity index (χ0) is 28.8. The smallest absolute Gasteiger partial charge is 0.245 e. The van der Waals surface area contributed by atoms with Gasteiger partial charge in [0.2, 0.25) is 5.91 Å². The summed E-state index contributed by atoms with van der Waals surface area (Å²) in [6.07, 6.45) is 4.05. The van der Waals surface area contributed by atoms with Crippen LogP contribution in [-0.2, 0) is 16.1 Å². The first-order valence-corrected chi connectivity index (χ1v) is 13.7. The van der Waals surface area contributed by atoms with E-state index in [9.17, 15) is 14.3 Å². The molecule has 1 heterocycles. The third-order valence-corrected chi connectivity index (χ3v) is 7.23. The molecule has 0 spiro atoms. The van der Waals surface area contributed by atoms with E-state index >= 15 is 0 Å². The normalized spacial score (nSPS) is 14.7. The molecule has 4 aromatic rings. The van der Waals surface area contributed by atoms with Crippen molar-refractivity contribution in [3.63, 3.8) is 0 Å². The number of aromatic nitrogens is 1. The van der Waals surface area contributed by atoms with E-state index in [1.807, 2.05) is 54.6 Å². The van der Waals surface area contributed by atoms with Gasteiger partial charge in [-0.3, -0.25) is 15.0 Å². The number of carbonyl (C=O) groups is 1. The van der Waals surface area contributed by atoms with Crippen molar-refractivity contribution in [3.05, 3.63) is 102 Å². The Morgan fingerprint density at radius 3 is 2.51 bits per heavy atom. The Morgan fingerprint density at radius 2 is 1.83 bits per heavy atom. The number of carbonyl (C=O) groups excluding carboxylic acids is 1. The minimum absolute atomic E-state index is 0.122. The van der Waals surface area contributed by atoms with Crippen molar-refractivity contribution in [2.75, 3.05) is 7.11 Å². The fourth-order valence-electron chi connectivity index (χ4n) is 4.96. The number of ether oxygens (including phenoxy) is 2. The number of rotatable bonds is 12. The van der Waals surface area contributed by atoms with Gasteiger partial charge >= 0.3 is 0 Å². The van der Waals surface area contributed by atoms with Crippen LogP contribution in [0.5, 0.6) is 5.75 Å². The highest BCUT2D eigenvalue weighted by molar-refractivity contribution is 5.99. The van der Waals surface area contributed by atoms with Gasteiger partial charge in [-0.25, -0.2) is 9.87 Å². The summed E-state index contributed by atoms with van der Waals surface area (Å²) < 4.78 is 25.0. The number of nitrogens with zero attached hydrogens (tertiary/aromatic N) is 1. The van der Waals surface area contributed by atoms with E-state index in [-0.39, 0.29) is 25.3 Å². The van der Waals surface area contributed by atoms with Gasteiger partial charge in [0.15, 0.2) is 0 Å². The second kappa shape index (κ2) is 13.0. The van der Waals surface area contributed by atoms with E-state index in [1.54, 1.807) is 30.8 Å². The van der Waals surface area contributed by atoms with Gasteiger partial charge in [0.1, 0.15) is 11.6 Å². The molecule has 1 amide bonds. The van der Waals surface area contributed by atoms with E-state index in [0.717, 1.165) is 57.4 Å². The van der Waals surface area contributed by atoms with Crippen LogP contribution >= 0.6 is 0 Å². The number of methoxy groups -OCH3 is 1. The number of hydrogen-bond acceptors (Lipinski definition) is 6. The standard InChI is InChI=1S/C33H33FN2O5/c1-40-26-15-6-21(7-16-26)20-41-27(19-31(38)36-39)18-25(37)14-17-29-32(22-10-12-24(34)13-11-22)28-4-2-3-5-30(28)35-33(29)23-8-9-23/h2-7,10-17,23,25,27,37,39H,8-9,18-20H2,1H3,(H,36,38). The zero-order valence-electron chi connectivity index (χ0n) is 22.8. The van der Waals surface area contributed by atoms with Crippen LogP contribution in [0.25, 0.3) is 28.1 Å². The Morgan fingerprint density at radius 1 is 1.10 bits per heavy atom. The molecule has 0 radical (unpaired) electrons. The molecule has 0 aliphatic heterocycles. The summed E-state index contributed by atoms with van der Waals surface area (Å²) in [5, 5.41) is 21.1. The molecular weight excluding hydrogens is 523 g/mol. The lowest BCUT2D eigenvalue weighted by Crippen LogP contribution is -2.28. The average molecular weight is 557 g/mol. The fraction of sp³-hybridized carbons (Fsp3) is 0.273. The van der Waals surface area contributed by atoms with Crippen LogP contribution < -0.4 is 10.2 Å². The number of aliphatic hydroxyl groups excluding tert-OH is 1. The molecular formula is C33H33FN2O5. The van der Waals surface area contributed by atoms with Crippen LogP contribution in [0.4, 0.5) is 4.39 Å². The highest BCUT2D eigenvalue weighted by atomic mass is 19.1. The topological polar surface area (TPSA) is 101 Å². The summed E-state index contributed by atoms with van der Waals surface area (Å²) in [4.78, 5) is 16.9. The van der Waals surface area contributed by atoms with Gasteiger partial charge in [-0.2, -0.15) is 0 Å². The SMILES string of the molecule is COc1ccc(COC(CC(=O)NO)CC(O)C=Cc2c(C3CC3)nc3ccccc3c2-c2ccc(F)cc2)cc1.